The average Bonchev–Trinajstić information content (AvgIpc) is 2.69. The number of hydrogen-bond acceptors (Lipinski definition) is 2. The van der Waals surface area contributed by atoms with Crippen molar-refractivity contribution in [2.75, 3.05) is 0 Å². The molecule has 29 heavy (non-hydrogen) atoms. The van der Waals surface area contributed by atoms with Gasteiger partial charge in [-0.05, 0) is 74.4 Å². The molecular formula is C25H21F2NO. The first-order valence-corrected chi connectivity index (χ1v) is 9.54. The Morgan fingerprint density at radius 2 is 1.55 bits per heavy atom. The van der Waals surface area contributed by atoms with Crippen LogP contribution in [-0.4, -0.2) is 11.1 Å². The molecule has 0 fully saturated rings. The lowest BCUT2D eigenvalue weighted by Crippen LogP contribution is -2.05. The monoisotopic (exact) mass is 389 g/mol. The number of fused-ring (bicyclic) bond motifs is 1. The third-order valence-electron chi connectivity index (χ3n) is 4.78. The molecule has 0 bridgehead atoms. The van der Waals surface area contributed by atoms with E-state index in [9.17, 15) is 8.78 Å². The lowest BCUT2D eigenvalue weighted by molar-refractivity contribution is 0.242. The number of pyridine rings is 1. The Kier molecular flexibility index (Phi) is 5.01. The Morgan fingerprint density at radius 1 is 0.828 bits per heavy atom. The largest absolute Gasteiger partial charge is 0.491 e. The summed E-state index contributed by atoms with van der Waals surface area (Å²) in [6.45, 7) is 5.83. The Bertz CT molecular complexity index is 1180. The van der Waals surface area contributed by atoms with Crippen molar-refractivity contribution in [3.05, 3.63) is 83.9 Å². The van der Waals surface area contributed by atoms with Gasteiger partial charge in [0.25, 0.3) is 0 Å². The van der Waals surface area contributed by atoms with E-state index in [4.69, 9.17) is 4.74 Å². The van der Waals surface area contributed by atoms with E-state index in [0.717, 1.165) is 22.3 Å². The van der Waals surface area contributed by atoms with Crippen LogP contribution < -0.4 is 4.74 Å². The van der Waals surface area contributed by atoms with Crippen LogP contribution in [0.5, 0.6) is 5.75 Å². The fraction of sp³-hybridized carbons (Fsp3) is 0.160. The number of aryl methyl sites for hydroxylation is 1. The van der Waals surface area contributed by atoms with Crippen molar-refractivity contribution in [1.29, 1.82) is 0 Å². The van der Waals surface area contributed by atoms with Gasteiger partial charge in [-0.15, -0.1) is 0 Å². The van der Waals surface area contributed by atoms with Gasteiger partial charge in [0.1, 0.15) is 17.4 Å². The number of rotatable bonds is 4. The lowest BCUT2D eigenvalue weighted by atomic mass is 10.00. The lowest BCUT2D eigenvalue weighted by Gasteiger charge is -2.11. The molecule has 0 saturated heterocycles. The fourth-order valence-electron chi connectivity index (χ4n) is 3.41. The highest BCUT2D eigenvalue weighted by Crippen LogP contribution is 2.30. The molecule has 0 unspecified atom stereocenters. The van der Waals surface area contributed by atoms with Crippen molar-refractivity contribution in [1.82, 2.24) is 4.98 Å². The van der Waals surface area contributed by atoms with Gasteiger partial charge >= 0.3 is 0 Å². The van der Waals surface area contributed by atoms with Crippen molar-refractivity contribution in [3.63, 3.8) is 0 Å². The van der Waals surface area contributed by atoms with E-state index in [1.54, 1.807) is 12.1 Å². The molecule has 0 radical (unpaired) electrons. The molecular weight excluding hydrogens is 368 g/mol. The van der Waals surface area contributed by atoms with Gasteiger partial charge < -0.3 is 4.74 Å². The molecule has 4 aromatic rings. The molecule has 0 aliphatic rings. The van der Waals surface area contributed by atoms with Crippen molar-refractivity contribution in [3.8, 4) is 28.1 Å². The maximum atomic E-state index is 14.9. The summed E-state index contributed by atoms with van der Waals surface area (Å²) in [5.74, 6) is 0.141. The van der Waals surface area contributed by atoms with Gasteiger partial charge in [-0.2, -0.15) is 0 Å². The summed E-state index contributed by atoms with van der Waals surface area (Å²) in [6, 6.07) is 18.8. The number of nitrogens with zero attached hydrogens (tertiary/aromatic N) is 1. The van der Waals surface area contributed by atoms with Crippen LogP contribution in [0.1, 0.15) is 19.4 Å². The minimum absolute atomic E-state index is 0.0891. The number of ether oxygens (including phenoxy) is 1. The van der Waals surface area contributed by atoms with E-state index in [1.807, 2.05) is 57.2 Å². The van der Waals surface area contributed by atoms with Gasteiger partial charge in [-0.1, -0.05) is 24.3 Å². The number of benzene rings is 3. The Morgan fingerprint density at radius 3 is 2.24 bits per heavy atom. The van der Waals surface area contributed by atoms with E-state index in [1.165, 1.54) is 18.2 Å². The van der Waals surface area contributed by atoms with Crippen LogP contribution in [0.3, 0.4) is 0 Å². The van der Waals surface area contributed by atoms with Crippen LogP contribution in [-0.2, 0) is 0 Å². The zero-order valence-electron chi connectivity index (χ0n) is 16.5. The topological polar surface area (TPSA) is 22.1 Å². The van der Waals surface area contributed by atoms with Crippen LogP contribution in [0.4, 0.5) is 8.78 Å². The minimum Gasteiger partial charge on any atom is -0.491 e. The molecule has 2 nitrogen and oxygen atoms in total. The van der Waals surface area contributed by atoms with Gasteiger partial charge in [-0.25, -0.2) is 13.8 Å². The summed E-state index contributed by atoms with van der Waals surface area (Å²) in [5.41, 5.74) is 4.22. The zero-order valence-corrected chi connectivity index (χ0v) is 16.5. The highest BCUT2D eigenvalue weighted by atomic mass is 19.1. The van der Waals surface area contributed by atoms with E-state index in [0.29, 0.717) is 22.3 Å². The van der Waals surface area contributed by atoms with Crippen LogP contribution in [0.25, 0.3) is 33.3 Å². The summed E-state index contributed by atoms with van der Waals surface area (Å²) in [5, 5.41) is 0.759. The van der Waals surface area contributed by atoms with Gasteiger partial charge in [0.15, 0.2) is 0 Å². The fourth-order valence-corrected chi connectivity index (χ4v) is 3.41. The van der Waals surface area contributed by atoms with Crippen LogP contribution >= 0.6 is 0 Å². The molecule has 0 aliphatic heterocycles. The number of hydrogen-bond donors (Lipinski definition) is 0. The molecule has 4 rings (SSSR count). The van der Waals surface area contributed by atoms with E-state index in [-0.39, 0.29) is 17.7 Å². The summed E-state index contributed by atoms with van der Waals surface area (Å²) < 4.78 is 34.0. The molecule has 0 atom stereocenters. The van der Waals surface area contributed by atoms with E-state index in [2.05, 4.69) is 4.98 Å². The Balaban J connectivity index is 1.68. The molecule has 3 aromatic carbocycles. The van der Waals surface area contributed by atoms with E-state index >= 15 is 0 Å². The third-order valence-corrected chi connectivity index (χ3v) is 4.78. The maximum absolute atomic E-state index is 14.9. The quantitative estimate of drug-likeness (QED) is 0.377. The van der Waals surface area contributed by atoms with Crippen molar-refractivity contribution < 1.29 is 13.5 Å². The number of aromatic nitrogens is 1. The summed E-state index contributed by atoms with van der Waals surface area (Å²) in [7, 11) is 0. The first kappa shape index (κ1) is 19.1. The van der Waals surface area contributed by atoms with Gasteiger partial charge in [-0.3, -0.25) is 0 Å². The zero-order chi connectivity index (χ0) is 20.5. The summed E-state index contributed by atoms with van der Waals surface area (Å²) >= 11 is 0. The highest BCUT2D eigenvalue weighted by molar-refractivity contribution is 5.85. The Hall–Kier alpha value is -3.27. The molecule has 0 N–H and O–H groups in total. The average molecular weight is 389 g/mol. The molecule has 0 amide bonds. The van der Waals surface area contributed by atoms with Crippen LogP contribution in [0.15, 0.2) is 66.7 Å². The first-order chi connectivity index (χ1) is 13.9. The SMILES string of the molecule is Cc1cc(-c2ccc(-c3ccc(OC(C)C)cc3)c(F)c2)nc2ccc(F)cc12. The maximum Gasteiger partial charge on any atom is 0.131 e. The molecule has 0 saturated carbocycles. The number of halogens is 2. The second-order valence-corrected chi connectivity index (χ2v) is 7.37. The van der Waals surface area contributed by atoms with Crippen molar-refractivity contribution in [2.24, 2.45) is 0 Å². The van der Waals surface area contributed by atoms with E-state index < -0.39 is 0 Å². The summed E-state index contributed by atoms with van der Waals surface area (Å²) in [4.78, 5) is 4.58. The smallest absolute Gasteiger partial charge is 0.131 e. The normalized spacial score (nSPS) is 11.2. The van der Waals surface area contributed by atoms with Gasteiger partial charge in [0, 0.05) is 16.5 Å². The van der Waals surface area contributed by atoms with Gasteiger partial charge in [0.05, 0.1) is 17.3 Å². The molecule has 1 heterocycles. The molecule has 1 aromatic heterocycles. The standard InChI is InChI=1S/C25H21F2NO/c1-15(2)29-20-8-4-17(5-9-20)21-10-6-18(13-23(21)27)25-12-16(3)22-14-19(26)7-11-24(22)28-25/h4-15H,1-3H3. The molecule has 146 valence electrons. The summed E-state index contributed by atoms with van der Waals surface area (Å²) in [6.07, 6.45) is 0.0891. The predicted octanol–water partition coefficient (Wildman–Crippen LogP) is 6.94. The first-order valence-electron chi connectivity index (χ1n) is 9.54. The minimum atomic E-state index is -0.321. The predicted molar refractivity (Wildman–Crippen MR) is 113 cm³/mol. The van der Waals surface area contributed by atoms with Crippen LogP contribution in [0.2, 0.25) is 0 Å². The molecule has 0 spiro atoms. The second-order valence-electron chi connectivity index (χ2n) is 7.37. The third kappa shape index (κ3) is 3.97. The highest BCUT2D eigenvalue weighted by Gasteiger charge is 2.11. The second kappa shape index (κ2) is 7.63. The van der Waals surface area contributed by atoms with Crippen molar-refractivity contribution in [2.45, 2.75) is 26.9 Å². The Labute approximate surface area is 168 Å². The van der Waals surface area contributed by atoms with Crippen molar-refractivity contribution >= 4 is 10.9 Å². The van der Waals surface area contributed by atoms with Gasteiger partial charge in [0.2, 0.25) is 0 Å². The molecule has 4 heteroatoms. The van der Waals surface area contributed by atoms with Crippen LogP contribution in [0, 0.1) is 18.6 Å². The molecule has 0 aliphatic carbocycles.